The molecule has 0 spiro atoms. The number of carbonyl (C=O) groups excluding carboxylic acids is 2. The third kappa shape index (κ3) is 3.41. The maximum atomic E-state index is 12.8. The van der Waals surface area contributed by atoms with Crippen molar-refractivity contribution < 1.29 is 19.2 Å². The lowest BCUT2D eigenvalue weighted by atomic mass is 9.99. The van der Waals surface area contributed by atoms with Crippen LogP contribution in [0.25, 0.3) is 0 Å². The second-order valence-corrected chi connectivity index (χ2v) is 7.88. The highest BCUT2D eigenvalue weighted by Crippen LogP contribution is 2.29. The van der Waals surface area contributed by atoms with Gasteiger partial charge in [0.05, 0.1) is 18.8 Å². The van der Waals surface area contributed by atoms with Crippen LogP contribution in [0.4, 0.5) is 4.79 Å². The number of nitrogens with zero attached hydrogens (tertiary/aromatic N) is 4. The number of hydroxylamine groups is 2. The molecule has 2 amide bonds. The van der Waals surface area contributed by atoms with Crippen molar-refractivity contribution in [1.82, 2.24) is 19.7 Å². The van der Waals surface area contributed by atoms with Gasteiger partial charge in [-0.2, -0.15) is 5.10 Å². The van der Waals surface area contributed by atoms with Gasteiger partial charge in [-0.3, -0.25) is 14.3 Å². The number of aromatic nitrogens is 2. The lowest BCUT2D eigenvalue weighted by Crippen LogP contribution is -2.45. The van der Waals surface area contributed by atoms with Crippen molar-refractivity contribution in [2.45, 2.75) is 65.0 Å². The number of carbonyl (C=O) groups is 2. The summed E-state index contributed by atoms with van der Waals surface area (Å²) in [4.78, 5) is 32.6. The van der Waals surface area contributed by atoms with Gasteiger partial charge in [-0.05, 0) is 27.7 Å². The van der Waals surface area contributed by atoms with E-state index in [0.29, 0.717) is 18.7 Å². The van der Waals surface area contributed by atoms with Crippen LogP contribution in [-0.2, 0) is 29.1 Å². The van der Waals surface area contributed by atoms with E-state index in [1.165, 1.54) is 5.06 Å². The molecule has 0 saturated heterocycles. The number of rotatable bonds is 1. The molecule has 1 aromatic heterocycles. The van der Waals surface area contributed by atoms with Crippen LogP contribution in [0.15, 0.2) is 0 Å². The Bertz CT molecular complexity index is 723. The van der Waals surface area contributed by atoms with Crippen molar-refractivity contribution in [3.63, 3.8) is 0 Å². The standard InChI is InChI=1S/C17H27N5O4/c1-10-6-13-12(9-21(10)16(24)25-17(2,3)4)14-15(23)20(5)26-11(7-18)8-22(14)19-13/h10-11H,6-9,18H2,1-5H3/t10-,11?/m1/s1. The Kier molecular flexibility index (Phi) is 4.70. The predicted octanol–water partition coefficient (Wildman–Crippen LogP) is 0.909. The van der Waals surface area contributed by atoms with Crippen LogP contribution in [0.5, 0.6) is 0 Å². The van der Waals surface area contributed by atoms with Gasteiger partial charge in [-0.25, -0.2) is 9.86 Å². The molecule has 0 bridgehead atoms. The summed E-state index contributed by atoms with van der Waals surface area (Å²) in [6, 6.07) is -0.0640. The fourth-order valence-corrected chi connectivity index (χ4v) is 3.30. The summed E-state index contributed by atoms with van der Waals surface area (Å²) in [5.41, 5.74) is 7.20. The van der Waals surface area contributed by atoms with Crippen LogP contribution in [-0.4, -0.2) is 63.1 Å². The van der Waals surface area contributed by atoms with E-state index in [4.69, 9.17) is 15.3 Å². The molecule has 0 radical (unpaired) electrons. The zero-order valence-electron chi connectivity index (χ0n) is 16.0. The molecule has 2 aliphatic rings. The minimum Gasteiger partial charge on any atom is -0.444 e. The van der Waals surface area contributed by atoms with E-state index in [0.717, 1.165) is 11.3 Å². The van der Waals surface area contributed by atoms with Crippen LogP contribution < -0.4 is 5.73 Å². The van der Waals surface area contributed by atoms with Crippen molar-refractivity contribution in [2.24, 2.45) is 5.73 Å². The molecule has 1 unspecified atom stereocenters. The first-order chi connectivity index (χ1) is 12.1. The van der Waals surface area contributed by atoms with Crippen molar-refractivity contribution in [3.05, 3.63) is 17.0 Å². The molecule has 0 aliphatic carbocycles. The highest BCUT2D eigenvalue weighted by Gasteiger charge is 2.38. The third-order valence-electron chi connectivity index (χ3n) is 4.55. The maximum Gasteiger partial charge on any atom is 0.410 e. The van der Waals surface area contributed by atoms with Gasteiger partial charge in [-0.1, -0.05) is 0 Å². The Balaban J connectivity index is 1.94. The first kappa shape index (κ1) is 18.7. The van der Waals surface area contributed by atoms with Crippen molar-refractivity contribution in [3.8, 4) is 0 Å². The summed E-state index contributed by atoms with van der Waals surface area (Å²) < 4.78 is 7.18. The Morgan fingerprint density at radius 3 is 2.73 bits per heavy atom. The van der Waals surface area contributed by atoms with E-state index in [1.807, 2.05) is 27.7 Å². The number of fused-ring (bicyclic) bond motifs is 3. The molecule has 144 valence electrons. The zero-order chi connectivity index (χ0) is 19.2. The molecule has 3 heterocycles. The Hall–Kier alpha value is -2.13. The fraction of sp³-hybridized carbons (Fsp3) is 0.706. The van der Waals surface area contributed by atoms with Gasteiger partial charge in [0, 0.05) is 31.6 Å². The van der Waals surface area contributed by atoms with Gasteiger partial charge < -0.3 is 15.4 Å². The number of hydrogen-bond donors (Lipinski definition) is 1. The summed E-state index contributed by atoms with van der Waals surface area (Å²) in [6.07, 6.45) is -0.147. The summed E-state index contributed by atoms with van der Waals surface area (Å²) in [5.74, 6) is -0.284. The SMILES string of the molecule is C[C@@H]1Cc2nn3c(c2CN1C(=O)OC(C)(C)C)C(=O)N(C)OC(CN)C3. The second kappa shape index (κ2) is 6.55. The Morgan fingerprint density at radius 2 is 2.12 bits per heavy atom. The second-order valence-electron chi connectivity index (χ2n) is 7.88. The topological polar surface area (TPSA) is 103 Å². The molecule has 3 rings (SSSR count). The largest absolute Gasteiger partial charge is 0.444 e. The average Bonchev–Trinajstić information content (AvgIpc) is 2.81. The fourth-order valence-electron chi connectivity index (χ4n) is 3.30. The minimum atomic E-state index is -0.578. The smallest absolute Gasteiger partial charge is 0.410 e. The number of hydrogen-bond acceptors (Lipinski definition) is 6. The van der Waals surface area contributed by atoms with E-state index >= 15 is 0 Å². The van der Waals surface area contributed by atoms with E-state index in [9.17, 15) is 9.59 Å². The van der Waals surface area contributed by atoms with Crippen LogP contribution in [0, 0.1) is 0 Å². The lowest BCUT2D eigenvalue weighted by Gasteiger charge is -2.34. The molecule has 0 fully saturated rings. The maximum absolute atomic E-state index is 12.8. The summed E-state index contributed by atoms with van der Waals surface area (Å²) in [5, 5.41) is 5.81. The highest BCUT2D eigenvalue weighted by atomic mass is 16.7. The van der Waals surface area contributed by atoms with Gasteiger partial charge in [0.1, 0.15) is 17.4 Å². The highest BCUT2D eigenvalue weighted by molar-refractivity contribution is 5.94. The van der Waals surface area contributed by atoms with E-state index in [1.54, 1.807) is 16.6 Å². The van der Waals surface area contributed by atoms with Crippen LogP contribution in [0.3, 0.4) is 0 Å². The molecule has 2 atom stereocenters. The van der Waals surface area contributed by atoms with Crippen LogP contribution in [0.1, 0.15) is 49.4 Å². The van der Waals surface area contributed by atoms with Gasteiger partial charge in [0.25, 0.3) is 5.91 Å². The van der Waals surface area contributed by atoms with Crippen LogP contribution in [0.2, 0.25) is 0 Å². The van der Waals surface area contributed by atoms with E-state index < -0.39 is 5.60 Å². The zero-order valence-corrected chi connectivity index (χ0v) is 16.0. The molecule has 9 heteroatoms. The van der Waals surface area contributed by atoms with Gasteiger partial charge in [-0.15, -0.1) is 0 Å². The van der Waals surface area contributed by atoms with E-state index in [2.05, 4.69) is 5.10 Å². The first-order valence-corrected chi connectivity index (χ1v) is 8.83. The van der Waals surface area contributed by atoms with Crippen molar-refractivity contribution in [2.75, 3.05) is 13.6 Å². The molecule has 26 heavy (non-hydrogen) atoms. The molecule has 9 nitrogen and oxygen atoms in total. The normalized spacial score (nSPS) is 23.4. The Labute approximate surface area is 152 Å². The molecule has 2 N–H and O–H groups in total. The van der Waals surface area contributed by atoms with Gasteiger partial charge in [0.2, 0.25) is 0 Å². The Morgan fingerprint density at radius 1 is 1.42 bits per heavy atom. The predicted molar refractivity (Wildman–Crippen MR) is 93.2 cm³/mol. The monoisotopic (exact) mass is 365 g/mol. The van der Waals surface area contributed by atoms with Gasteiger partial charge in [0.15, 0.2) is 0 Å². The minimum absolute atomic E-state index is 0.0640. The molecule has 1 aromatic rings. The molecular formula is C17H27N5O4. The van der Waals surface area contributed by atoms with Crippen LogP contribution >= 0.6 is 0 Å². The number of amides is 2. The quantitative estimate of drug-likeness (QED) is 0.793. The van der Waals surface area contributed by atoms with Crippen molar-refractivity contribution >= 4 is 12.0 Å². The van der Waals surface area contributed by atoms with Crippen molar-refractivity contribution in [1.29, 1.82) is 0 Å². The summed E-state index contributed by atoms with van der Waals surface area (Å²) in [6.45, 7) is 8.42. The summed E-state index contributed by atoms with van der Waals surface area (Å²) in [7, 11) is 1.57. The summed E-state index contributed by atoms with van der Waals surface area (Å²) >= 11 is 0. The molecule has 2 aliphatic heterocycles. The first-order valence-electron chi connectivity index (χ1n) is 8.83. The number of nitrogens with two attached hydrogens (primary N) is 1. The molecule has 0 aromatic carbocycles. The van der Waals surface area contributed by atoms with Gasteiger partial charge >= 0.3 is 6.09 Å². The molecule has 0 saturated carbocycles. The molecular weight excluding hydrogens is 338 g/mol. The van der Waals surface area contributed by atoms with E-state index in [-0.39, 0.29) is 37.2 Å². The lowest BCUT2D eigenvalue weighted by molar-refractivity contribution is -0.144. The number of ether oxygens (including phenoxy) is 1. The third-order valence-corrected chi connectivity index (χ3v) is 4.55. The average molecular weight is 365 g/mol.